The Bertz CT molecular complexity index is 930. The molecule has 1 atom stereocenters. The molecule has 1 amide bonds. The smallest absolute Gasteiger partial charge is 0.250 e. The molecule has 0 spiro atoms. The van der Waals surface area contributed by atoms with Gasteiger partial charge in [0.25, 0.3) is 5.91 Å². The number of fused-ring (bicyclic) bond motifs is 1. The van der Waals surface area contributed by atoms with Crippen LogP contribution in [0.4, 0.5) is 11.4 Å². The summed E-state index contributed by atoms with van der Waals surface area (Å²) in [7, 11) is -3.67. The summed E-state index contributed by atoms with van der Waals surface area (Å²) in [5.41, 5.74) is 2.35. The number of sulfonamides is 1. The third-order valence-electron chi connectivity index (χ3n) is 4.53. The van der Waals surface area contributed by atoms with Gasteiger partial charge in [-0.25, -0.2) is 8.42 Å². The van der Waals surface area contributed by atoms with Gasteiger partial charge in [0.2, 0.25) is 10.0 Å². The van der Waals surface area contributed by atoms with Crippen molar-refractivity contribution in [3.05, 3.63) is 59.1 Å². The zero-order valence-corrected chi connectivity index (χ0v) is 16.3. The fourth-order valence-corrected chi connectivity index (χ4v) is 4.79. The van der Waals surface area contributed by atoms with Crippen LogP contribution in [0.15, 0.2) is 48.5 Å². The van der Waals surface area contributed by atoms with E-state index in [1.165, 1.54) is 4.31 Å². The second-order valence-corrected chi connectivity index (χ2v) is 8.63. The number of para-hydroxylation sites is 1. The number of halogens is 1. The zero-order chi connectivity index (χ0) is 18.9. The van der Waals surface area contributed by atoms with Crippen LogP contribution in [0.5, 0.6) is 0 Å². The molecule has 26 heavy (non-hydrogen) atoms. The van der Waals surface area contributed by atoms with Crippen LogP contribution in [0, 0.1) is 0 Å². The Morgan fingerprint density at radius 3 is 2.62 bits per heavy atom. The van der Waals surface area contributed by atoms with Crippen molar-refractivity contribution in [2.45, 2.75) is 25.8 Å². The number of nitrogens with zero attached hydrogens (tertiary/aromatic N) is 2. The molecule has 3 rings (SSSR count). The number of carbonyl (C=O) groups excluding carboxylic acids is 1. The Morgan fingerprint density at radius 2 is 1.96 bits per heavy atom. The van der Waals surface area contributed by atoms with E-state index < -0.39 is 16.1 Å². The van der Waals surface area contributed by atoms with E-state index >= 15 is 0 Å². The summed E-state index contributed by atoms with van der Waals surface area (Å²) in [6.07, 6.45) is 2.24. The predicted octanol–water partition coefficient (Wildman–Crippen LogP) is 3.47. The van der Waals surface area contributed by atoms with Crippen LogP contribution in [0.25, 0.3) is 0 Å². The quantitative estimate of drug-likeness (QED) is 0.782. The lowest BCUT2D eigenvalue weighted by atomic mass is 10.1. The highest BCUT2D eigenvalue weighted by molar-refractivity contribution is 7.92. The van der Waals surface area contributed by atoms with Crippen molar-refractivity contribution in [3.8, 4) is 0 Å². The maximum absolute atomic E-state index is 13.3. The number of carbonyl (C=O) groups is 1. The molecule has 138 valence electrons. The van der Waals surface area contributed by atoms with Gasteiger partial charge in [0.1, 0.15) is 6.04 Å². The summed E-state index contributed by atoms with van der Waals surface area (Å²) in [6.45, 7) is 2.37. The second-order valence-electron chi connectivity index (χ2n) is 6.33. The average Bonchev–Trinajstić information content (AvgIpc) is 3.02. The van der Waals surface area contributed by atoms with Crippen molar-refractivity contribution in [2.24, 2.45) is 0 Å². The van der Waals surface area contributed by atoms with E-state index in [4.69, 9.17) is 11.6 Å². The van der Waals surface area contributed by atoms with Gasteiger partial charge in [0.15, 0.2) is 0 Å². The zero-order valence-electron chi connectivity index (χ0n) is 14.7. The van der Waals surface area contributed by atoms with E-state index in [9.17, 15) is 13.2 Å². The molecule has 0 aliphatic carbocycles. The summed E-state index contributed by atoms with van der Waals surface area (Å²) < 4.78 is 26.2. The largest absolute Gasteiger partial charge is 0.310 e. The van der Waals surface area contributed by atoms with Crippen LogP contribution in [-0.4, -0.2) is 33.2 Å². The van der Waals surface area contributed by atoms with Crippen molar-refractivity contribution in [3.63, 3.8) is 0 Å². The minimum Gasteiger partial charge on any atom is -0.310 e. The van der Waals surface area contributed by atoms with Gasteiger partial charge in [-0.3, -0.25) is 9.10 Å². The monoisotopic (exact) mass is 392 g/mol. The predicted molar refractivity (Wildman–Crippen MR) is 105 cm³/mol. The maximum atomic E-state index is 13.3. The molecule has 0 aromatic heterocycles. The van der Waals surface area contributed by atoms with Crippen LogP contribution in [0.1, 0.15) is 18.9 Å². The van der Waals surface area contributed by atoms with Crippen molar-refractivity contribution in [1.82, 2.24) is 0 Å². The molecule has 1 aliphatic heterocycles. The summed E-state index contributed by atoms with van der Waals surface area (Å²) >= 11 is 6.04. The topological polar surface area (TPSA) is 57.7 Å². The van der Waals surface area contributed by atoms with Crippen LogP contribution in [-0.2, 0) is 21.2 Å². The van der Waals surface area contributed by atoms with E-state index in [2.05, 4.69) is 0 Å². The molecule has 1 heterocycles. The van der Waals surface area contributed by atoms with E-state index in [1.54, 1.807) is 29.2 Å². The first-order valence-corrected chi connectivity index (χ1v) is 10.7. The minimum atomic E-state index is -3.67. The number of hydrogen-bond donors (Lipinski definition) is 0. The standard InChI is InChI=1S/C19H21ClN2O3S/c1-3-17(19(23)21-12-11-14-7-4-5-10-18(14)21)22(26(2,24)25)16-9-6-8-15(20)13-16/h4-10,13,17H,3,11-12H2,1-2H3/t17-/m0/s1. The van der Waals surface area contributed by atoms with Gasteiger partial charge in [-0.1, -0.05) is 42.8 Å². The van der Waals surface area contributed by atoms with E-state index in [0.717, 1.165) is 23.9 Å². The highest BCUT2D eigenvalue weighted by atomic mass is 35.5. The molecule has 1 aliphatic rings. The summed E-state index contributed by atoms with van der Waals surface area (Å²) in [5.74, 6) is -0.220. The van der Waals surface area contributed by atoms with Gasteiger partial charge in [0, 0.05) is 17.3 Å². The van der Waals surface area contributed by atoms with Gasteiger partial charge < -0.3 is 4.90 Å². The van der Waals surface area contributed by atoms with Gasteiger partial charge >= 0.3 is 0 Å². The molecule has 0 saturated heterocycles. The van der Waals surface area contributed by atoms with Crippen LogP contribution < -0.4 is 9.21 Å². The number of anilines is 2. The highest BCUT2D eigenvalue weighted by Gasteiger charge is 2.36. The fourth-order valence-electron chi connectivity index (χ4n) is 3.40. The molecule has 0 bridgehead atoms. The first-order valence-electron chi connectivity index (χ1n) is 8.47. The number of hydrogen-bond acceptors (Lipinski definition) is 3. The van der Waals surface area contributed by atoms with Crippen molar-refractivity contribution in [2.75, 3.05) is 22.0 Å². The van der Waals surface area contributed by atoms with Crippen molar-refractivity contribution >= 4 is 38.9 Å². The number of rotatable bonds is 5. The van der Waals surface area contributed by atoms with Crippen LogP contribution in [0.3, 0.4) is 0 Å². The van der Waals surface area contributed by atoms with Crippen molar-refractivity contribution in [1.29, 1.82) is 0 Å². The molecule has 0 unspecified atom stereocenters. The minimum absolute atomic E-state index is 0.220. The normalized spacial score (nSPS) is 14.8. The van der Waals surface area contributed by atoms with Gasteiger partial charge in [-0.2, -0.15) is 0 Å². The lowest BCUT2D eigenvalue weighted by Gasteiger charge is -2.33. The average molecular weight is 393 g/mol. The highest BCUT2D eigenvalue weighted by Crippen LogP contribution is 2.31. The summed E-state index contributed by atoms with van der Waals surface area (Å²) in [6, 6.07) is 13.5. The molecule has 0 fully saturated rings. The Balaban J connectivity index is 2.01. The molecule has 0 N–H and O–H groups in total. The molecule has 2 aromatic carbocycles. The molecule has 2 aromatic rings. The number of benzene rings is 2. The van der Waals surface area contributed by atoms with Crippen LogP contribution in [0.2, 0.25) is 5.02 Å². The molecule has 7 heteroatoms. The van der Waals surface area contributed by atoms with E-state index in [0.29, 0.717) is 23.7 Å². The fraction of sp³-hybridized carbons (Fsp3) is 0.316. The Hall–Kier alpha value is -2.05. The third kappa shape index (κ3) is 3.57. The van der Waals surface area contributed by atoms with E-state index in [1.807, 2.05) is 31.2 Å². The van der Waals surface area contributed by atoms with Gasteiger partial charge in [0.05, 0.1) is 11.9 Å². The van der Waals surface area contributed by atoms with Crippen molar-refractivity contribution < 1.29 is 13.2 Å². The van der Waals surface area contributed by atoms with Crippen LogP contribution >= 0.6 is 11.6 Å². The molecule has 0 radical (unpaired) electrons. The molecule has 0 saturated carbocycles. The van der Waals surface area contributed by atoms with Gasteiger partial charge in [-0.05, 0) is 42.7 Å². The maximum Gasteiger partial charge on any atom is 0.250 e. The van der Waals surface area contributed by atoms with Gasteiger partial charge in [-0.15, -0.1) is 0 Å². The molecular formula is C19H21ClN2O3S. The SMILES string of the molecule is CC[C@@H](C(=O)N1CCc2ccccc21)N(c1cccc(Cl)c1)S(C)(=O)=O. The lowest BCUT2D eigenvalue weighted by molar-refractivity contribution is -0.119. The summed E-state index contributed by atoms with van der Waals surface area (Å²) in [4.78, 5) is 15.0. The summed E-state index contributed by atoms with van der Waals surface area (Å²) in [5, 5.41) is 0.421. The number of amides is 1. The Kier molecular flexibility index (Phi) is 5.25. The third-order valence-corrected chi connectivity index (χ3v) is 5.94. The first-order chi connectivity index (χ1) is 12.3. The molecule has 5 nitrogen and oxygen atoms in total. The second kappa shape index (κ2) is 7.29. The first kappa shape index (κ1) is 18.7. The molecular weight excluding hydrogens is 372 g/mol. The lowest BCUT2D eigenvalue weighted by Crippen LogP contribution is -2.50. The Labute approximate surface area is 159 Å². The Morgan fingerprint density at radius 1 is 1.23 bits per heavy atom. The van der Waals surface area contributed by atoms with E-state index in [-0.39, 0.29) is 5.91 Å².